The molecule has 0 N–H and O–H groups in total. The Balaban J connectivity index is 1.70. The number of carbonyl (C=O) groups is 1. The molecule has 1 saturated carbocycles. The zero-order valence-corrected chi connectivity index (χ0v) is 14.7. The van der Waals surface area contributed by atoms with Gasteiger partial charge in [-0.2, -0.15) is 18.2 Å². The normalized spacial score (nSPS) is 18.1. The third-order valence-electron chi connectivity index (χ3n) is 4.26. The van der Waals surface area contributed by atoms with E-state index in [1.54, 1.807) is 12.1 Å². The molecule has 1 amide bonds. The van der Waals surface area contributed by atoms with Crippen LogP contribution in [0.25, 0.3) is 11.4 Å². The van der Waals surface area contributed by atoms with Crippen LogP contribution in [-0.2, 0) is 22.3 Å². The third kappa shape index (κ3) is 4.46. The lowest BCUT2D eigenvalue weighted by molar-refractivity contribution is -0.159. The van der Waals surface area contributed by atoms with Crippen LogP contribution in [-0.4, -0.2) is 47.1 Å². The molecule has 1 atom stereocenters. The van der Waals surface area contributed by atoms with E-state index in [1.165, 1.54) is 24.1 Å². The summed E-state index contributed by atoms with van der Waals surface area (Å²) in [5.41, 5.74) is 0.892. The van der Waals surface area contributed by atoms with Crippen molar-refractivity contribution in [3.63, 3.8) is 0 Å². The van der Waals surface area contributed by atoms with E-state index in [2.05, 4.69) is 14.7 Å². The van der Waals surface area contributed by atoms with Gasteiger partial charge in [-0.25, -0.2) is 8.78 Å². The molecule has 3 rings (SSSR count). The predicted octanol–water partition coefficient (Wildman–Crippen LogP) is 3.39. The van der Waals surface area contributed by atoms with Gasteiger partial charge in [0.25, 0.3) is 5.92 Å². The SMILES string of the molecule is COCCN(Cc1ccc(-c2noc(C(F)(F)F)n2)cc1)C(=O)[C@H]1CC1(F)F. The zero-order chi connectivity index (χ0) is 20.5. The van der Waals surface area contributed by atoms with Crippen molar-refractivity contribution in [1.29, 1.82) is 0 Å². The average Bonchev–Trinajstić information content (AvgIpc) is 3.05. The molecule has 152 valence electrons. The van der Waals surface area contributed by atoms with Crippen LogP contribution in [0.3, 0.4) is 0 Å². The van der Waals surface area contributed by atoms with Crippen molar-refractivity contribution >= 4 is 5.91 Å². The summed E-state index contributed by atoms with van der Waals surface area (Å²) in [5, 5.41) is 3.29. The highest BCUT2D eigenvalue weighted by Gasteiger charge is 2.62. The number of ether oxygens (including phenoxy) is 1. The lowest BCUT2D eigenvalue weighted by Gasteiger charge is -2.22. The monoisotopic (exact) mass is 405 g/mol. The number of alkyl halides is 5. The van der Waals surface area contributed by atoms with Crippen LogP contribution in [0.4, 0.5) is 22.0 Å². The van der Waals surface area contributed by atoms with E-state index in [0.717, 1.165) is 0 Å². The average molecular weight is 405 g/mol. The fraction of sp³-hybridized carbons (Fsp3) is 0.471. The lowest BCUT2D eigenvalue weighted by Crippen LogP contribution is -2.35. The van der Waals surface area contributed by atoms with Crippen LogP contribution < -0.4 is 0 Å². The maximum Gasteiger partial charge on any atom is 0.471 e. The summed E-state index contributed by atoms with van der Waals surface area (Å²) in [6.07, 6.45) is -5.20. The van der Waals surface area contributed by atoms with Crippen LogP contribution in [0.2, 0.25) is 0 Å². The first kappa shape index (κ1) is 20.2. The second-order valence-electron chi connectivity index (χ2n) is 6.39. The molecule has 0 unspecified atom stereocenters. The van der Waals surface area contributed by atoms with Gasteiger partial charge in [0.2, 0.25) is 11.7 Å². The molecule has 0 spiro atoms. The molecule has 6 nitrogen and oxygen atoms in total. The molecule has 28 heavy (non-hydrogen) atoms. The third-order valence-corrected chi connectivity index (χ3v) is 4.26. The van der Waals surface area contributed by atoms with Crippen LogP contribution in [0.1, 0.15) is 17.9 Å². The number of nitrogens with zero attached hydrogens (tertiary/aromatic N) is 3. The Kier molecular flexibility index (Phi) is 5.37. The lowest BCUT2D eigenvalue weighted by atomic mass is 10.1. The molecule has 1 aliphatic rings. The van der Waals surface area contributed by atoms with Crippen LogP contribution >= 0.6 is 0 Å². The van der Waals surface area contributed by atoms with Gasteiger partial charge >= 0.3 is 12.1 Å². The fourth-order valence-electron chi connectivity index (χ4n) is 2.61. The van der Waals surface area contributed by atoms with E-state index in [9.17, 15) is 26.7 Å². The maximum absolute atomic E-state index is 13.2. The van der Waals surface area contributed by atoms with E-state index in [1.807, 2.05) is 0 Å². The van der Waals surface area contributed by atoms with Gasteiger partial charge < -0.3 is 14.2 Å². The van der Waals surface area contributed by atoms with Gasteiger partial charge in [0, 0.05) is 32.2 Å². The minimum absolute atomic E-state index is 0.0646. The molecule has 1 aromatic carbocycles. The highest BCUT2D eigenvalue weighted by atomic mass is 19.4. The molecule has 1 fully saturated rings. The molecule has 1 aliphatic carbocycles. The Morgan fingerprint density at radius 3 is 2.46 bits per heavy atom. The molecule has 1 aromatic heterocycles. The molecule has 2 aromatic rings. The second kappa shape index (κ2) is 7.46. The molecule has 0 bridgehead atoms. The fourth-order valence-corrected chi connectivity index (χ4v) is 2.61. The van der Waals surface area contributed by atoms with Crippen molar-refractivity contribution in [2.75, 3.05) is 20.3 Å². The number of aromatic nitrogens is 2. The van der Waals surface area contributed by atoms with Gasteiger partial charge in [-0.05, 0) is 5.56 Å². The molecule has 0 radical (unpaired) electrons. The number of hydrogen-bond donors (Lipinski definition) is 0. The molecular weight excluding hydrogens is 389 g/mol. The summed E-state index contributed by atoms with van der Waals surface area (Å²) in [6.45, 7) is 0.393. The van der Waals surface area contributed by atoms with E-state index in [0.29, 0.717) is 5.56 Å². The Hall–Kier alpha value is -2.56. The molecule has 1 heterocycles. The molecule has 0 saturated heterocycles. The second-order valence-corrected chi connectivity index (χ2v) is 6.39. The topological polar surface area (TPSA) is 68.5 Å². The zero-order valence-electron chi connectivity index (χ0n) is 14.7. The summed E-state index contributed by atoms with van der Waals surface area (Å²) < 4.78 is 73.1. The van der Waals surface area contributed by atoms with Gasteiger partial charge in [0.05, 0.1) is 6.61 Å². The summed E-state index contributed by atoms with van der Waals surface area (Å²) in [5.74, 6) is -6.62. The first-order chi connectivity index (χ1) is 13.1. The number of rotatable bonds is 7. The van der Waals surface area contributed by atoms with E-state index in [4.69, 9.17) is 4.74 Å². The minimum atomic E-state index is -4.74. The summed E-state index contributed by atoms with van der Waals surface area (Å²) in [7, 11) is 1.43. The Morgan fingerprint density at radius 2 is 1.96 bits per heavy atom. The van der Waals surface area contributed by atoms with Gasteiger partial charge in [0.1, 0.15) is 5.92 Å². The highest BCUT2D eigenvalue weighted by Crippen LogP contribution is 2.49. The van der Waals surface area contributed by atoms with Crippen molar-refractivity contribution in [3.05, 3.63) is 35.7 Å². The molecule has 0 aliphatic heterocycles. The van der Waals surface area contributed by atoms with Crippen LogP contribution in [0.5, 0.6) is 0 Å². The van der Waals surface area contributed by atoms with E-state index in [-0.39, 0.29) is 31.1 Å². The van der Waals surface area contributed by atoms with Crippen LogP contribution in [0.15, 0.2) is 28.8 Å². The van der Waals surface area contributed by atoms with Gasteiger partial charge in [0.15, 0.2) is 0 Å². The number of benzene rings is 1. The van der Waals surface area contributed by atoms with Crippen molar-refractivity contribution in [3.8, 4) is 11.4 Å². The number of halogens is 5. The summed E-state index contributed by atoms with van der Waals surface area (Å²) in [6, 6.07) is 6.03. The standard InChI is InChI=1S/C17H16F5N3O3/c1-27-7-6-25(14(26)12-8-16(12,18)19)9-10-2-4-11(5-3-10)13-23-15(28-24-13)17(20,21)22/h2-5,12H,6-9H2,1H3/t12-/m1/s1. The van der Waals surface area contributed by atoms with Crippen LogP contribution in [0, 0.1) is 5.92 Å². The Labute approximate surface area is 156 Å². The van der Waals surface area contributed by atoms with Gasteiger partial charge in [-0.3, -0.25) is 4.79 Å². The summed E-state index contributed by atoms with van der Waals surface area (Å²) >= 11 is 0. The smallest absolute Gasteiger partial charge is 0.383 e. The number of carbonyl (C=O) groups excluding carboxylic acids is 1. The number of hydrogen-bond acceptors (Lipinski definition) is 5. The Bertz CT molecular complexity index is 835. The first-order valence-electron chi connectivity index (χ1n) is 8.27. The largest absolute Gasteiger partial charge is 0.471 e. The molecule has 11 heteroatoms. The number of methoxy groups -OCH3 is 1. The van der Waals surface area contributed by atoms with Gasteiger partial charge in [-0.15, -0.1) is 0 Å². The minimum Gasteiger partial charge on any atom is -0.383 e. The first-order valence-corrected chi connectivity index (χ1v) is 8.27. The van der Waals surface area contributed by atoms with E-state index >= 15 is 0 Å². The quantitative estimate of drug-likeness (QED) is 0.661. The predicted molar refractivity (Wildman–Crippen MR) is 85.1 cm³/mol. The maximum atomic E-state index is 13.2. The van der Waals surface area contributed by atoms with Crippen molar-refractivity contribution in [2.45, 2.75) is 25.1 Å². The Morgan fingerprint density at radius 1 is 1.32 bits per heavy atom. The highest BCUT2D eigenvalue weighted by molar-refractivity contribution is 5.83. The summed E-state index contributed by atoms with van der Waals surface area (Å²) in [4.78, 5) is 16.8. The van der Waals surface area contributed by atoms with E-state index < -0.39 is 36.2 Å². The molecular formula is C17H16F5N3O3. The van der Waals surface area contributed by atoms with Crippen molar-refractivity contribution in [1.82, 2.24) is 15.0 Å². The van der Waals surface area contributed by atoms with Crippen molar-refractivity contribution < 1.29 is 36.0 Å². The van der Waals surface area contributed by atoms with Gasteiger partial charge in [-0.1, -0.05) is 29.4 Å². The number of amides is 1. The van der Waals surface area contributed by atoms with Crippen molar-refractivity contribution in [2.24, 2.45) is 5.92 Å².